The van der Waals surface area contributed by atoms with Gasteiger partial charge in [-0.2, -0.15) is 0 Å². The lowest BCUT2D eigenvalue weighted by molar-refractivity contribution is -0.119. The van der Waals surface area contributed by atoms with E-state index >= 15 is 0 Å². The molecule has 0 fully saturated rings. The van der Waals surface area contributed by atoms with E-state index in [0.717, 1.165) is 43.7 Å². The molecule has 1 amide bonds. The largest absolute Gasteiger partial charge is 0.361 e. The van der Waals surface area contributed by atoms with Crippen LogP contribution in [0.5, 0.6) is 0 Å². The van der Waals surface area contributed by atoms with Crippen LogP contribution in [-0.4, -0.2) is 29.0 Å². The standard InChI is InChI=1S/C12H18N4O/c1-2-6-13-11(17)7-14-12-9-4-3-5-10(9)15-8-16-12/h8H,2-7H2,1H3,(H,13,17)(H,14,15,16). The maximum Gasteiger partial charge on any atom is 0.239 e. The highest BCUT2D eigenvalue weighted by Gasteiger charge is 2.16. The topological polar surface area (TPSA) is 66.9 Å². The molecule has 5 nitrogen and oxygen atoms in total. The van der Waals surface area contributed by atoms with E-state index in [1.165, 1.54) is 5.56 Å². The highest BCUT2D eigenvalue weighted by Crippen LogP contribution is 2.24. The average Bonchev–Trinajstić information content (AvgIpc) is 2.82. The van der Waals surface area contributed by atoms with Gasteiger partial charge in [-0.1, -0.05) is 6.92 Å². The van der Waals surface area contributed by atoms with Crippen molar-refractivity contribution in [3.8, 4) is 0 Å². The Morgan fingerprint density at radius 3 is 3.12 bits per heavy atom. The van der Waals surface area contributed by atoms with Crippen LogP contribution in [0.4, 0.5) is 5.82 Å². The first-order valence-electron chi connectivity index (χ1n) is 6.14. The Morgan fingerprint density at radius 1 is 1.41 bits per heavy atom. The molecule has 2 N–H and O–H groups in total. The molecule has 0 spiro atoms. The van der Waals surface area contributed by atoms with Gasteiger partial charge in [-0.15, -0.1) is 0 Å². The van der Waals surface area contributed by atoms with Crippen LogP contribution < -0.4 is 10.6 Å². The highest BCUT2D eigenvalue weighted by atomic mass is 16.1. The van der Waals surface area contributed by atoms with E-state index in [-0.39, 0.29) is 12.5 Å². The summed E-state index contributed by atoms with van der Waals surface area (Å²) in [4.78, 5) is 19.9. The Kier molecular flexibility index (Phi) is 3.90. The molecule has 17 heavy (non-hydrogen) atoms. The van der Waals surface area contributed by atoms with E-state index in [1.54, 1.807) is 6.33 Å². The molecule has 5 heteroatoms. The number of amides is 1. The van der Waals surface area contributed by atoms with Gasteiger partial charge in [0.2, 0.25) is 5.91 Å². The minimum absolute atomic E-state index is 0.0113. The lowest BCUT2D eigenvalue weighted by atomic mass is 10.2. The van der Waals surface area contributed by atoms with E-state index in [9.17, 15) is 4.79 Å². The number of hydrogen-bond acceptors (Lipinski definition) is 4. The molecule has 0 aliphatic heterocycles. The van der Waals surface area contributed by atoms with Crippen molar-refractivity contribution >= 4 is 11.7 Å². The Bertz CT molecular complexity index is 405. The van der Waals surface area contributed by atoms with Gasteiger partial charge in [0.05, 0.1) is 6.54 Å². The van der Waals surface area contributed by atoms with Gasteiger partial charge in [0.1, 0.15) is 12.1 Å². The number of carbonyl (C=O) groups excluding carboxylic acids is 1. The maximum atomic E-state index is 11.5. The predicted molar refractivity (Wildman–Crippen MR) is 65.8 cm³/mol. The molecule has 0 aromatic carbocycles. The first kappa shape index (κ1) is 11.8. The summed E-state index contributed by atoms with van der Waals surface area (Å²) < 4.78 is 0. The number of anilines is 1. The van der Waals surface area contributed by atoms with Gasteiger partial charge >= 0.3 is 0 Å². The number of aromatic nitrogens is 2. The smallest absolute Gasteiger partial charge is 0.239 e. The fourth-order valence-corrected chi connectivity index (χ4v) is 2.00. The molecule has 1 heterocycles. The molecule has 0 saturated carbocycles. The molecule has 0 bridgehead atoms. The number of rotatable bonds is 5. The molecule has 2 rings (SSSR count). The Labute approximate surface area is 101 Å². The fourth-order valence-electron chi connectivity index (χ4n) is 2.00. The Hall–Kier alpha value is -1.65. The van der Waals surface area contributed by atoms with Crippen molar-refractivity contribution in [2.24, 2.45) is 0 Å². The zero-order chi connectivity index (χ0) is 12.1. The zero-order valence-electron chi connectivity index (χ0n) is 10.1. The summed E-state index contributed by atoms with van der Waals surface area (Å²) in [7, 11) is 0. The van der Waals surface area contributed by atoms with E-state index in [2.05, 4.69) is 20.6 Å². The molecule has 1 aromatic heterocycles. The van der Waals surface area contributed by atoms with Crippen molar-refractivity contribution in [2.45, 2.75) is 32.6 Å². The molecule has 1 aliphatic carbocycles. The number of aryl methyl sites for hydroxylation is 1. The van der Waals surface area contributed by atoms with Crippen LogP contribution in [0, 0.1) is 0 Å². The second kappa shape index (κ2) is 5.61. The molecule has 0 unspecified atom stereocenters. The maximum absolute atomic E-state index is 11.5. The Morgan fingerprint density at radius 2 is 2.29 bits per heavy atom. The summed E-state index contributed by atoms with van der Waals surface area (Å²) in [6.45, 7) is 3.04. The first-order valence-corrected chi connectivity index (χ1v) is 6.14. The van der Waals surface area contributed by atoms with Crippen molar-refractivity contribution in [1.82, 2.24) is 15.3 Å². The van der Waals surface area contributed by atoms with Gasteiger partial charge in [-0.3, -0.25) is 4.79 Å². The van der Waals surface area contributed by atoms with Crippen molar-refractivity contribution in [3.05, 3.63) is 17.6 Å². The summed E-state index contributed by atoms with van der Waals surface area (Å²) in [5, 5.41) is 5.92. The molecular weight excluding hydrogens is 216 g/mol. The van der Waals surface area contributed by atoms with Crippen LogP contribution in [0.3, 0.4) is 0 Å². The van der Waals surface area contributed by atoms with Crippen LogP contribution in [0.2, 0.25) is 0 Å². The van der Waals surface area contributed by atoms with Gasteiger partial charge in [0, 0.05) is 17.8 Å². The van der Waals surface area contributed by atoms with Crippen molar-refractivity contribution in [3.63, 3.8) is 0 Å². The molecule has 0 atom stereocenters. The molecule has 1 aromatic rings. The number of fused-ring (bicyclic) bond motifs is 1. The summed E-state index contributed by atoms with van der Waals surface area (Å²) in [6.07, 6.45) is 5.68. The van der Waals surface area contributed by atoms with Crippen LogP contribution in [0.25, 0.3) is 0 Å². The lowest BCUT2D eigenvalue weighted by Crippen LogP contribution is -2.30. The molecule has 0 saturated heterocycles. The third kappa shape index (κ3) is 2.93. The van der Waals surface area contributed by atoms with Crippen LogP contribution in [-0.2, 0) is 17.6 Å². The van der Waals surface area contributed by atoms with Crippen LogP contribution >= 0.6 is 0 Å². The highest BCUT2D eigenvalue weighted by molar-refractivity contribution is 5.80. The van der Waals surface area contributed by atoms with Gasteiger partial charge in [-0.05, 0) is 25.7 Å². The van der Waals surface area contributed by atoms with Crippen molar-refractivity contribution < 1.29 is 4.79 Å². The SMILES string of the molecule is CCCNC(=O)CNc1ncnc2c1CCC2. The summed E-state index contributed by atoms with van der Waals surface area (Å²) >= 11 is 0. The number of nitrogens with one attached hydrogen (secondary N) is 2. The summed E-state index contributed by atoms with van der Waals surface area (Å²) in [6, 6.07) is 0. The number of hydrogen-bond donors (Lipinski definition) is 2. The summed E-state index contributed by atoms with van der Waals surface area (Å²) in [5.74, 6) is 0.830. The van der Waals surface area contributed by atoms with E-state index < -0.39 is 0 Å². The predicted octanol–water partition coefficient (Wildman–Crippen LogP) is 0.903. The van der Waals surface area contributed by atoms with Gasteiger partial charge in [0.15, 0.2) is 0 Å². The quantitative estimate of drug-likeness (QED) is 0.794. The minimum atomic E-state index is 0.0113. The average molecular weight is 234 g/mol. The van der Waals surface area contributed by atoms with E-state index in [0.29, 0.717) is 0 Å². The molecule has 1 aliphatic rings. The second-order valence-electron chi connectivity index (χ2n) is 4.20. The number of carbonyl (C=O) groups is 1. The van der Waals surface area contributed by atoms with Gasteiger partial charge in [-0.25, -0.2) is 9.97 Å². The third-order valence-corrected chi connectivity index (χ3v) is 2.86. The van der Waals surface area contributed by atoms with Gasteiger partial charge < -0.3 is 10.6 Å². The van der Waals surface area contributed by atoms with Crippen LogP contribution in [0.1, 0.15) is 31.0 Å². The van der Waals surface area contributed by atoms with Crippen LogP contribution in [0.15, 0.2) is 6.33 Å². The molecule has 0 radical (unpaired) electrons. The first-order chi connectivity index (χ1) is 8.31. The normalized spacial score (nSPS) is 13.2. The third-order valence-electron chi connectivity index (χ3n) is 2.86. The minimum Gasteiger partial charge on any atom is -0.361 e. The van der Waals surface area contributed by atoms with Crippen molar-refractivity contribution in [2.75, 3.05) is 18.4 Å². The van der Waals surface area contributed by atoms with Crippen molar-refractivity contribution in [1.29, 1.82) is 0 Å². The lowest BCUT2D eigenvalue weighted by Gasteiger charge is -2.09. The second-order valence-corrected chi connectivity index (χ2v) is 4.20. The molecular formula is C12H18N4O. The monoisotopic (exact) mass is 234 g/mol. The Balaban J connectivity index is 1.91. The van der Waals surface area contributed by atoms with E-state index in [4.69, 9.17) is 0 Å². The van der Waals surface area contributed by atoms with Gasteiger partial charge in [0.25, 0.3) is 0 Å². The molecule has 92 valence electrons. The number of nitrogens with zero attached hydrogens (tertiary/aromatic N) is 2. The van der Waals surface area contributed by atoms with E-state index in [1.807, 2.05) is 6.92 Å². The zero-order valence-corrected chi connectivity index (χ0v) is 10.1. The summed E-state index contributed by atoms with van der Waals surface area (Å²) in [5.41, 5.74) is 2.30. The fraction of sp³-hybridized carbons (Fsp3) is 0.583.